The number of carbonyl (C=O) groups is 1. The highest BCUT2D eigenvalue weighted by Crippen LogP contribution is 2.23. The molecule has 0 spiro atoms. The predicted octanol–water partition coefficient (Wildman–Crippen LogP) is 1.97. The van der Waals surface area contributed by atoms with Crippen molar-refractivity contribution in [1.82, 2.24) is 10.3 Å². The standard InChI is InChI=1S/C15H16N2O3S2/c18-14(16-8-11-6-7-22(19,20)10-11)13-9-21-15(17-13)12-4-2-1-3-5-12/h1-5,9,11H,6-8,10H2,(H,16,18)/t11-/m0/s1. The Morgan fingerprint density at radius 2 is 2.09 bits per heavy atom. The molecule has 3 rings (SSSR count). The minimum Gasteiger partial charge on any atom is -0.350 e. The van der Waals surface area contributed by atoms with E-state index in [9.17, 15) is 13.2 Å². The molecular formula is C15H16N2O3S2. The van der Waals surface area contributed by atoms with E-state index in [1.807, 2.05) is 30.3 Å². The molecule has 2 heterocycles. The van der Waals surface area contributed by atoms with Crippen molar-refractivity contribution in [3.8, 4) is 10.6 Å². The number of amides is 1. The van der Waals surface area contributed by atoms with Gasteiger partial charge in [-0.2, -0.15) is 0 Å². The molecule has 116 valence electrons. The van der Waals surface area contributed by atoms with Gasteiger partial charge >= 0.3 is 0 Å². The quantitative estimate of drug-likeness (QED) is 0.926. The summed E-state index contributed by atoms with van der Waals surface area (Å²) >= 11 is 1.42. The molecule has 0 unspecified atom stereocenters. The van der Waals surface area contributed by atoms with Gasteiger partial charge in [-0.15, -0.1) is 11.3 Å². The third kappa shape index (κ3) is 3.53. The van der Waals surface area contributed by atoms with Crippen LogP contribution in [0.2, 0.25) is 0 Å². The van der Waals surface area contributed by atoms with Gasteiger partial charge in [-0.05, 0) is 12.3 Å². The average molecular weight is 336 g/mol. The number of thiazole rings is 1. The fraction of sp³-hybridized carbons (Fsp3) is 0.333. The highest BCUT2D eigenvalue weighted by Gasteiger charge is 2.28. The van der Waals surface area contributed by atoms with Crippen molar-refractivity contribution < 1.29 is 13.2 Å². The summed E-state index contributed by atoms with van der Waals surface area (Å²) in [6.07, 6.45) is 0.620. The summed E-state index contributed by atoms with van der Waals surface area (Å²) in [6, 6.07) is 9.68. The number of rotatable bonds is 4. The van der Waals surface area contributed by atoms with Gasteiger partial charge in [0, 0.05) is 17.5 Å². The van der Waals surface area contributed by atoms with Crippen LogP contribution in [0.5, 0.6) is 0 Å². The molecule has 1 aliphatic heterocycles. The van der Waals surface area contributed by atoms with Crippen LogP contribution in [-0.2, 0) is 9.84 Å². The second-order valence-corrected chi connectivity index (χ2v) is 8.47. The molecule has 1 fully saturated rings. The average Bonchev–Trinajstić information content (AvgIpc) is 3.12. The van der Waals surface area contributed by atoms with Gasteiger partial charge in [-0.1, -0.05) is 30.3 Å². The summed E-state index contributed by atoms with van der Waals surface area (Å²) in [6.45, 7) is 0.385. The van der Waals surface area contributed by atoms with E-state index in [-0.39, 0.29) is 23.3 Å². The molecule has 5 nitrogen and oxygen atoms in total. The first-order chi connectivity index (χ1) is 10.5. The first-order valence-corrected chi connectivity index (χ1v) is 9.73. The molecule has 2 aromatic rings. The first-order valence-electron chi connectivity index (χ1n) is 7.03. The Labute approximate surface area is 133 Å². The zero-order chi connectivity index (χ0) is 15.6. The molecule has 0 saturated carbocycles. The zero-order valence-corrected chi connectivity index (χ0v) is 13.5. The van der Waals surface area contributed by atoms with Gasteiger partial charge in [0.05, 0.1) is 11.5 Å². The monoisotopic (exact) mass is 336 g/mol. The fourth-order valence-electron chi connectivity index (χ4n) is 2.45. The lowest BCUT2D eigenvalue weighted by atomic mass is 10.1. The van der Waals surface area contributed by atoms with Crippen LogP contribution in [0.4, 0.5) is 0 Å². The molecule has 1 aliphatic rings. The Kier molecular flexibility index (Phi) is 4.26. The van der Waals surface area contributed by atoms with E-state index in [4.69, 9.17) is 0 Å². The highest BCUT2D eigenvalue weighted by atomic mass is 32.2. The largest absolute Gasteiger partial charge is 0.350 e. The minimum atomic E-state index is -2.90. The molecule has 0 radical (unpaired) electrons. The summed E-state index contributed by atoms with van der Waals surface area (Å²) in [4.78, 5) is 16.4. The maximum Gasteiger partial charge on any atom is 0.270 e. The molecule has 1 atom stereocenters. The van der Waals surface area contributed by atoms with E-state index in [0.717, 1.165) is 10.6 Å². The van der Waals surface area contributed by atoms with E-state index in [2.05, 4.69) is 10.3 Å². The molecular weight excluding hydrogens is 320 g/mol. The Hall–Kier alpha value is -1.73. The number of nitrogens with one attached hydrogen (secondary N) is 1. The van der Waals surface area contributed by atoms with Crippen molar-refractivity contribution >= 4 is 27.1 Å². The van der Waals surface area contributed by atoms with E-state index in [0.29, 0.717) is 18.7 Å². The summed E-state index contributed by atoms with van der Waals surface area (Å²) in [5.41, 5.74) is 1.36. The molecule has 0 bridgehead atoms. The van der Waals surface area contributed by atoms with Crippen LogP contribution in [0.3, 0.4) is 0 Å². The summed E-state index contributed by atoms with van der Waals surface area (Å²) in [5.74, 6) is 0.158. The molecule has 1 aromatic carbocycles. The molecule has 22 heavy (non-hydrogen) atoms. The summed E-state index contributed by atoms with van der Waals surface area (Å²) in [7, 11) is -2.90. The van der Waals surface area contributed by atoms with Crippen LogP contribution >= 0.6 is 11.3 Å². The second kappa shape index (κ2) is 6.18. The van der Waals surface area contributed by atoms with Crippen LogP contribution in [-0.4, -0.2) is 37.4 Å². The van der Waals surface area contributed by atoms with Crippen molar-refractivity contribution in [3.63, 3.8) is 0 Å². The number of benzene rings is 1. The van der Waals surface area contributed by atoms with E-state index >= 15 is 0 Å². The number of nitrogens with zero attached hydrogens (tertiary/aromatic N) is 1. The number of hydrogen-bond acceptors (Lipinski definition) is 5. The number of aromatic nitrogens is 1. The molecule has 0 aliphatic carbocycles. The number of carbonyl (C=O) groups excluding carboxylic acids is 1. The lowest BCUT2D eigenvalue weighted by Gasteiger charge is -2.08. The van der Waals surface area contributed by atoms with E-state index in [1.54, 1.807) is 5.38 Å². The van der Waals surface area contributed by atoms with Crippen molar-refractivity contribution in [2.24, 2.45) is 5.92 Å². The molecule has 1 saturated heterocycles. The van der Waals surface area contributed by atoms with Gasteiger partial charge in [-0.3, -0.25) is 4.79 Å². The van der Waals surface area contributed by atoms with Crippen molar-refractivity contribution in [2.45, 2.75) is 6.42 Å². The Morgan fingerprint density at radius 1 is 1.32 bits per heavy atom. The number of hydrogen-bond donors (Lipinski definition) is 1. The van der Waals surface area contributed by atoms with Crippen LogP contribution in [0, 0.1) is 5.92 Å². The normalized spacial score (nSPS) is 19.9. The van der Waals surface area contributed by atoms with E-state index in [1.165, 1.54) is 11.3 Å². The summed E-state index contributed by atoms with van der Waals surface area (Å²) in [5, 5.41) is 5.31. The lowest BCUT2D eigenvalue weighted by molar-refractivity contribution is 0.0944. The molecule has 7 heteroatoms. The van der Waals surface area contributed by atoms with Gasteiger partial charge in [0.2, 0.25) is 0 Å². The van der Waals surface area contributed by atoms with Gasteiger partial charge < -0.3 is 5.32 Å². The Bertz CT molecular complexity index is 769. The molecule has 1 amide bonds. The summed E-state index contributed by atoms with van der Waals surface area (Å²) < 4.78 is 22.8. The first kappa shape index (κ1) is 15.2. The van der Waals surface area contributed by atoms with Gasteiger partial charge in [0.15, 0.2) is 9.84 Å². The highest BCUT2D eigenvalue weighted by molar-refractivity contribution is 7.91. The third-order valence-electron chi connectivity index (χ3n) is 3.64. The minimum absolute atomic E-state index is 0.0150. The van der Waals surface area contributed by atoms with Crippen LogP contribution in [0.1, 0.15) is 16.9 Å². The third-order valence-corrected chi connectivity index (χ3v) is 6.36. The van der Waals surface area contributed by atoms with Crippen LogP contribution in [0.15, 0.2) is 35.7 Å². The lowest BCUT2D eigenvalue weighted by Crippen LogP contribution is -2.30. The smallest absolute Gasteiger partial charge is 0.270 e. The molecule has 1 N–H and O–H groups in total. The van der Waals surface area contributed by atoms with Crippen molar-refractivity contribution in [3.05, 3.63) is 41.4 Å². The number of sulfone groups is 1. The second-order valence-electron chi connectivity index (χ2n) is 5.38. The zero-order valence-electron chi connectivity index (χ0n) is 11.9. The van der Waals surface area contributed by atoms with Crippen LogP contribution in [0.25, 0.3) is 10.6 Å². The van der Waals surface area contributed by atoms with Crippen molar-refractivity contribution in [2.75, 3.05) is 18.1 Å². The van der Waals surface area contributed by atoms with Gasteiger partial charge in [0.25, 0.3) is 5.91 Å². The fourth-order valence-corrected chi connectivity index (χ4v) is 5.12. The van der Waals surface area contributed by atoms with E-state index < -0.39 is 9.84 Å². The van der Waals surface area contributed by atoms with Gasteiger partial charge in [0.1, 0.15) is 10.7 Å². The molecule has 1 aromatic heterocycles. The topological polar surface area (TPSA) is 76.1 Å². The Balaban J connectivity index is 1.60. The Morgan fingerprint density at radius 3 is 2.77 bits per heavy atom. The maximum absolute atomic E-state index is 12.1. The predicted molar refractivity (Wildman–Crippen MR) is 86.6 cm³/mol. The van der Waals surface area contributed by atoms with Crippen molar-refractivity contribution in [1.29, 1.82) is 0 Å². The maximum atomic E-state index is 12.1. The van der Waals surface area contributed by atoms with Gasteiger partial charge in [-0.25, -0.2) is 13.4 Å². The SMILES string of the molecule is O=C(NC[C@@H]1CCS(=O)(=O)C1)c1csc(-c2ccccc2)n1. The van der Waals surface area contributed by atoms with Crippen LogP contribution < -0.4 is 5.32 Å².